The first-order valence-corrected chi connectivity index (χ1v) is 6.17. The molecule has 0 aliphatic rings. The summed E-state index contributed by atoms with van der Waals surface area (Å²) in [4.78, 5) is 0. The first-order chi connectivity index (χ1) is 8.69. The smallest absolute Gasteiger partial charge is 0.146 e. The van der Waals surface area contributed by atoms with Gasteiger partial charge >= 0.3 is 0 Å². The number of nitrogens with zero attached hydrogens (tertiary/aromatic N) is 3. The topological polar surface area (TPSA) is 63.0 Å². The van der Waals surface area contributed by atoms with Crippen molar-refractivity contribution in [3.05, 3.63) is 40.4 Å². The standard InChI is InChI=1S/C11H12BrFN4O/c12-8-1-2-10(13)11(5-8)14-6-9-7-17(3-4-18)16-15-9/h1-2,5,7,14,18H,3-4,6H2. The number of rotatable bonds is 5. The van der Waals surface area contributed by atoms with Gasteiger partial charge in [-0.1, -0.05) is 21.1 Å². The third-order valence-corrected chi connectivity index (χ3v) is 2.80. The van der Waals surface area contributed by atoms with E-state index in [-0.39, 0.29) is 12.4 Å². The lowest BCUT2D eigenvalue weighted by molar-refractivity contribution is 0.268. The summed E-state index contributed by atoms with van der Waals surface area (Å²) in [5.41, 5.74) is 1.09. The zero-order chi connectivity index (χ0) is 13.0. The predicted octanol–water partition coefficient (Wildman–Crippen LogP) is 1.78. The average molecular weight is 315 g/mol. The molecule has 0 amide bonds. The molecule has 2 rings (SSSR count). The second kappa shape index (κ2) is 5.92. The maximum atomic E-state index is 13.4. The first kappa shape index (κ1) is 13.0. The molecular formula is C11H12BrFN4O. The SMILES string of the molecule is OCCn1cc(CNc2cc(Br)ccc2F)nn1. The lowest BCUT2D eigenvalue weighted by Crippen LogP contribution is -2.03. The number of aromatic nitrogens is 3. The highest BCUT2D eigenvalue weighted by atomic mass is 79.9. The number of hydrogen-bond donors (Lipinski definition) is 2. The average Bonchev–Trinajstić information content (AvgIpc) is 2.79. The Kier molecular flexibility index (Phi) is 4.27. The molecule has 5 nitrogen and oxygen atoms in total. The number of nitrogens with one attached hydrogen (secondary N) is 1. The van der Waals surface area contributed by atoms with Crippen LogP contribution in [0.15, 0.2) is 28.9 Å². The van der Waals surface area contributed by atoms with Crippen LogP contribution in [0.2, 0.25) is 0 Å². The Balaban J connectivity index is 1.99. The highest BCUT2D eigenvalue weighted by Gasteiger charge is 2.04. The van der Waals surface area contributed by atoms with E-state index in [9.17, 15) is 4.39 Å². The van der Waals surface area contributed by atoms with E-state index >= 15 is 0 Å². The molecule has 0 unspecified atom stereocenters. The van der Waals surface area contributed by atoms with Crippen molar-refractivity contribution >= 4 is 21.6 Å². The van der Waals surface area contributed by atoms with Gasteiger partial charge in [0.1, 0.15) is 11.5 Å². The van der Waals surface area contributed by atoms with E-state index in [1.807, 2.05) is 0 Å². The maximum Gasteiger partial charge on any atom is 0.146 e. The van der Waals surface area contributed by atoms with Gasteiger partial charge in [-0.15, -0.1) is 5.10 Å². The summed E-state index contributed by atoms with van der Waals surface area (Å²) in [7, 11) is 0. The van der Waals surface area contributed by atoms with Crippen LogP contribution in [0.5, 0.6) is 0 Å². The van der Waals surface area contributed by atoms with Crippen LogP contribution in [0.1, 0.15) is 5.69 Å². The Hall–Kier alpha value is -1.47. The van der Waals surface area contributed by atoms with E-state index in [0.717, 1.165) is 4.47 Å². The minimum Gasteiger partial charge on any atom is -0.394 e. The van der Waals surface area contributed by atoms with E-state index in [1.54, 1.807) is 18.3 Å². The van der Waals surface area contributed by atoms with Gasteiger partial charge in [-0.05, 0) is 18.2 Å². The van der Waals surface area contributed by atoms with Crippen molar-refractivity contribution in [2.45, 2.75) is 13.1 Å². The normalized spacial score (nSPS) is 10.6. The molecule has 1 heterocycles. The molecule has 7 heteroatoms. The summed E-state index contributed by atoms with van der Waals surface area (Å²) < 4.78 is 15.8. The van der Waals surface area contributed by atoms with Gasteiger partial charge in [-0.2, -0.15) is 0 Å². The number of benzene rings is 1. The summed E-state index contributed by atoms with van der Waals surface area (Å²) in [5.74, 6) is -0.319. The number of halogens is 2. The molecule has 1 aromatic carbocycles. The molecule has 0 radical (unpaired) electrons. The molecule has 96 valence electrons. The molecule has 0 spiro atoms. The number of anilines is 1. The third-order valence-electron chi connectivity index (χ3n) is 2.30. The summed E-state index contributed by atoms with van der Waals surface area (Å²) in [6.45, 7) is 0.785. The molecule has 0 aliphatic carbocycles. The summed E-state index contributed by atoms with van der Waals surface area (Å²) in [6, 6.07) is 4.68. The lowest BCUT2D eigenvalue weighted by atomic mass is 10.3. The number of aliphatic hydroxyl groups is 1. The van der Waals surface area contributed by atoms with Crippen LogP contribution in [0, 0.1) is 5.82 Å². The quantitative estimate of drug-likeness (QED) is 0.883. The van der Waals surface area contributed by atoms with Crippen molar-refractivity contribution < 1.29 is 9.50 Å². The van der Waals surface area contributed by atoms with Gasteiger partial charge in [0.15, 0.2) is 0 Å². The van der Waals surface area contributed by atoms with E-state index in [1.165, 1.54) is 10.7 Å². The molecule has 0 bridgehead atoms. The fourth-order valence-electron chi connectivity index (χ4n) is 1.45. The van der Waals surface area contributed by atoms with Crippen molar-refractivity contribution in [2.75, 3.05) is 11.9 Å². The molecule has 18 heavy (non-hydrogen) atoms. The van der Waals surface area contributed by atoms with Crippen molar-refractivity contribution in [2.24, 2.45) is 0 Å². The van der Waals surface area contributed by atoms with Gasteiger partial charge in [-0.3, -0.25) is 0 Å². The highest BCUT2D eigenvalue weighted by Crippen LogP contribution is 2.20. The Morgan fingerprint density at radius 1 is 1.44 bits per heavy atom. The number of hydrogen-bond acceptors (Lipinski definition) is 4. The minimum atomic E-state index is -0.319. The Morgan fingerprint density at radius 2 is 2.28 bits per heavy atom. The Labute approximate surface area is 112 Å². The van der Waals surface area contributed by atoms with Crippen LogP contribution in [-0.4, -0.2) is 26.7 Å². The van der Waals surface area contributed by atoms with Gasteiger partial charge in [0.25, 0.3) is 0 Å². The van der Waals surface area contributed by atoms with Crippen molar-refractivity contribution in [1.82, 2.24) is 15.0 Å². The van der Waals surface area contributed by atoms with Crippen LogP contribution in [0.4, 0.5) is 10.1 Å². The van der Waals surface area contributed by atoms with Gasteiger partial charge < -0.3 is 10.4 Å². The molecule has 0 fully saturated rings. The fraction of sp³-hybridized carbons (Fsp3) is 0.273. The van der Waals surface area contributed by atoms with Crippen molar-refractivity contribution in [3.63, 3.8) is 0 Å². The molecular weight excluding hydrogens is 303 g/mol. The zero-order valence-corrected chi connectivity index (χ0v) is 11.1. The predicted molar refractivity (Wildman–Crippen MR) is 68.5 cm³/mol. The highest BCUT2D eigenvalue weighted by molar-refractivity contribution is 9.10. The second-order valence-electron chi connectivity index (χ2n) is 3.67. The van der Waals surface area contributed by atoms with Crippen LogP contribution < -0.4 is 5.32 Å². The van der Waals surface area contributed by atoms with Crippen molar-refractivity contribution in [3.8, 4) is 0 Å². The minimum absolute atomic E-state index is 0.0104. The Bertz CT molecular complexity index is 532. The third kappa shape index (κ3) is 3.27. The van der Waals surface area contributed by atoms with Crippen LogP contribution in [0.25, 0.3) is 0 Å². The Morgan fingerprint density at radius 3 is 3.06 bits per heavy atom. The summed E-state index contributed by atoms with van der Waals surface area (Å²) in [6.07, 6.45) is 1.71. The zero-order valence-electron chi connectivity index (χ0n) is 9.48. The van der Waals surface area contributed by atoms with E-state index in [4.69, 9.17) is 5.11 Å². The molecule has 2 N–H and O–H groups in total. The maximum absolute atomic E-state index is 13.4. The van der Waals surface area contributed by atoms with E-state index < -0.39 is 0 Å². The van der Waals surface area contributed by atoms with Crippen molar-refractivity contribution in [1.29, 1.82) is 0 Å². The molecule has 0 atom stereocenters. The lowest BCUT2D eigenvalue weighted by Gasteiger charge is -2.05. The first-order valence-electron chi connectivity index (χ1n) is 5.38. The van der Waals surface area contributed by atoms with Gasteiger partial charge in [0, 0.05) is 4.47 Å². The molecule has 0 aliphatic heterocycles. The fourth-order valence-corrected chi connectivity index (χ4v) is 1.81. The molecule has 0 saturated carbocycles. The second-order valence-corrected chi connectivity index (χ2v) is 4.59. The summed E-state index contributed by atoms with van der Waals surface area (Å²) >= 11 is 3.28. The van der Waals surface area contributed by atoms with Gasteiger partial charge in [0.2, 0.25) is 0 Å². The molecule has 0 saturated heterocycles. The van der Waals surface area contributed by atoms with Crippen LogP contribution in [0.3, 0.4) is 0 Å². The monoisotopic (exact) mass is 314 g/mol. The number of aliphatic hydroxyl groups excluding tert-OH is 1. The van der Waals surface area contributed by atoms with Gasteiger partial charge in [-0.25, -0.2) is 9.07 Å². The largest absolute Gasteiger partial charge is 0.394 e. The molecule has 1 aromatic heterocycles. The van der Waals surface area contributed by atoms with Crippen LogP contribution in [-0.2, 0) is 13.1 Å². The van der Waals surface area contributed by atoms with Crippen LogP contribution >= 0.6 is 15.9 Å². The van der Waals surface area contributed by atoms with E-state index in [2.05, 4.69) is 31.6 Å². The van der Waals surface area contributed by atoms with E-state index in [0.29, 0.717) is 24.5 Å². The molecule has 2 aromatic rings. The summed E-state index contributed by atoms with van der Waals surface area (Å²) in [5, 5.41) is 19.4. The van der Waals surface area contributed by atoms with Gasteiger partial charge in [0.05, 0.1) is 31.6 Å².